The summed E-state index contributed by atoms with van der Waals surface area (Å²) in [4.78, 5) is 11.8. The number of rotatable bonds is 3. The van der Waals surface area contributed by atoms with Gasteiger partial charge in [-0.15, -0.1) is 0 Å². The quantitative estimate of drug-likeness (QED) is 0.570. The molecule has 1 aliphatic rings. The van der Waals surface area contributed by atoms with Gasteiger partial charge in [-0.05, 0) is 23.8 Å². The molecule has 0 aliphatic heterocycles. The Balaban J connectivity index is 2.12. The Morgan fingerprint density at radius 2 is 2.00 bits per heavy atom. The smallest absolute Gasteiger partial charge is 0.187 e. The van der Waals surface area contributed by atoms with Crippen LogP contribution in [0.1, 0.15) is 10.4 Å². The summed E-state index contributed by atoms with van der Waals surface area (Å²) in [5.41, 5.74) is 1.55. The number of benzene rings is 1. The molecule has 0 fully saturated rings. The Morgan fingerprint density at radius 3 is 2.69 bits per heavy atom. The van der Waals surface area contributed by atoms with Crippen molar-refractivity contribution < 1.29 is 4.79 Å². The van der Waals surface area contributed by atoms with E-state index < -0.39 is 0 Å². The fourth-order valence-electron chi connectivity index (χ4n) is 1.42. The minimum atomic E-state index is -0.0770. The summed E-state index contributed by atoms with van der Waals surface area (Å²) in [5, 5.41) is 0.486. The van der Waals surface area contributed by atoms with E-state index in [-0.39, 0.29) is 5.78 Å². The maximum atomic E-state index is 11.8. The molecule has 0 unspecified atom stereocenters. The Morgan fingerprint density at radius 1 is 1.19 bits per heavy atom. The van der Waals surface area contributed by atoms with E-state index >= 15 is 0 Å². The molecule has 1 radical (unpaired) electrons. The molecule has 0 N–H and O–H groups in total. The van der Waals surface area contributed by atoms with Crippen LogP contribution in [0.25, 0.3) is 0 Å². The highest BCUT2D eigenvalue weighted by atomic mass is 35.5. The summed E-state index contributed by atoms with van der Waals surface area (Å²) < 4.78 is 0. The van der Waals surface area contributed by atoms with Crippen molar-refractivity contribution in [1.82, 2.24) is 0 Å². The van der Waals surface area contributed by atoms with Crippen molar-refractivity contribution >= 4 is 17.4 Å². The Hall–Kier alpha value is -1.60. The second-order valence-electron chi connectivity index (χ2n) is 3.40. The first-order valence-electron chi connectivity index (χ1n) is 4.96. The third-order valence-electron chi connectivity index (χ3n) is 2.25. The number of hydrogen-bond acceptors (Lipinski definition) is 1. The Kier molecular flexibility index (Phi) is 3.37. The summed E-state index contributed by atoms with van der Waals surface area (Å²) >= 11 is 5.93. The second-order valence-corrected chi connectivity index (χ2v) is 3.80. The van der Waals surface area contributed by atoms with Crippen molar-refractivity contribution in [3.63, 3.8) is 0 Å². The molecule has 0 aromatic heterocycles. The first-order valence-corrected chi connectivity index (χ1v) is 5.34. The van der Waals surface area contributed by atoms with Crippen LogP contribution in [0.2, 0.25) is 5.02 Å². The van der Waals surface area contributed by atoms with Gasteiger partial charge in [0.25, 0.3) is 0 Å². The van der Waals surface area contributed by atoms with Gasteiger partial charge in [-0.3, -0.25) is 4.79 Å². The number of allylic oxidation sites excluding steroid dienone is 6. The molecular formula is C14H10ClO. The average Bonchev–Trinajstić information content (AvgIpc) is 2.79. The van der Waals surface area contributed by atoms with Crippen LogP contribution in [0.3, 0.4) is 0 Å². The Labute approximate surface area is 99.7 Å². The van der Waals surface area contributed by atoms with Gasteiger partial charge in [0.2, 0.25) is 0 Å². The third-order valence-corrected chi connectivity index (χ3v) is 2.58. The average molecular weight is 230 g/mol. The van der Waals surface area contributed by atoms with Gasteiger partial charge in [-0.2, -0.15) is 0 Å². The van der Waals surface area contributed by atoms with Crippen molar-refractivity contribution in [3.05, 3.63) is 77.2 Å². The van der Waals surface area contributed by atoms with Crippen molar-refractivity contribution in [3.8, 4) is 0 Å². The van der Waals surface area contributed by atoms with Gasteiger partial charge in [0.15, 0.2) is 5.78 Å². The summed E-state index contributed by atoms with van der Waals surface area (Å²) in [5.74, 6) is -0.0770. The number of carbonyl (C=O) groups is 1. The van der Waals surface area contributed by atoms with Gasteiger partial charge in [-0.25, -0.2) is 0 Å². The SMILES string of the molecule is O=C(/C=C/C1=CC=C[CH]1)c1ccccc1Cl. The molecule has 1 aromatic rings. The zero-order valence-corrected chi connectivity index (χ0v) is 9.32. The predicted octanol–water partition coefficient (Wildman–Crippen LogP) is 3.78. The lowest BCUT2D eigenvalue weighted by Crippen LogP contribution is -1.95. The molecule has 0 saturated heterocycles. The molecule has 0 spiro atoms. The minimum Gasteiger partial charge on any atom is -0.289 e. The molecule has 0 amide bonds. The lowest BCUT2D eigenvalue weighted by molar-refractivity contribution is 0.104. The molecule has 2 heteroatoms. The van der Waals surface area contributed by atoms with Gasteiger partial charge in [0.05, 0.1) is 5.02 Å². The predicted molar refractivity (Wildman–Crippen MR) is 66.4 cm³/mol. The second kappa shape index (κ2) is 4.95. The summed E-state index contributed by atoms with van der Waals surface area (Å²) in [7, 11) is 0. The molecule has 0 bridgehead atoms. The van der Waals surface area contributed by atoms with E-state index in [1.807, 2.05) is 24.6 Å². The van der Waals surface area contributed by atoms with E-state index in [0.29, 0.717) is 10.6 Å². The highest BCUT2D eigenvalue weighted by Crippen LogP contribution is 2.17. The largest absolute Gasteiger partial charge is 0.289 e. The van der Waals surface area contributed by atoms with Gasteiger partial charge in [0.1, 0.15) is 0 Å². The van der Waals surface area contributed by atoms with E-state index in [0.717, 1.165) is 5.57 Å². The number of hydrogen-bond donors (Lipinski definition) is 0. The highest BCUT2D eigenvalue weighted by molar-refractivity contribution is 6.34. The van der Waals surface area contributed by atoms with Crippen LogP contribution in [0.4, 0.5) is 0 Å². The summed E-state index contributed by atoms with van der Waals surface area (Å²) in [6.45, 7) is 0. The zero-order valence-electron chi connectivity index (χ0n) is 8.56. The monoisotopic (exact) mass is 229 g/mol. The van der Waals surface area contributed by atoms with Crippen molar-refractivity contribution in [2.24, 2.45) is 0 Å². The fraction of sp³-hybridized carbons (Fsp3) is 0. The first kappa shape index (κ1) is 10.9. The van der Waals surface area contributed by atoms with Crippen LogP contribution in [-0.4, -0.2) is 5.78 Å². The molecule has 1 aliphatic carbocycles. The summed E-state index contributed by atoms with van der Waals surface area (Å²) in [6.07, 6.45) is 11.1. The molecule has 16 heavy (non-hydrogen) atoms. The first-order chi connectivity index (χ1) is 7.77. The van der Waals surface area contributed by atoms with Gasteiger partial charge in [-0.1, -0.05) is 48.0 Å². The normalized spacial score (nSPS) is 14.4. The molecule has 0 atom stereocenters. The van der Waals surface area contributed by atoms with Crippen LogP contribution < -0.4 is 0 Å². The van der Waals surface area contributed by atoms with Crippen molar-refractivity contribution in [2.45, 2.75) is 0 Å². The molecule has 0 heterocycles. The topological polar surface area (TPSA) is 17.1 Å². The van der Waals surface area contributed by atoms with Crippen LogP contribution in [0.5, 0.6) is 0 Å². The van der Waals surface area contributed by atoms with E-state index in [4.69, 9.17) is 11.6 Å². The third kappa shape index (κ3) is 2.50. The van der Waals surface area contributed by atoms with Crippen LogP contribution in [0.15, 0.2) is 60.2 Å². The number of carbonyl (C=O) groups excluding carboxylic acids is 1. The molecule has 0 saturated carbocycles. The van der Waals surface area contributed by atoms with Crippen LogP contribution >= 0.6 is 11.6 Å². The zero-order chi connectivity index (χ0) is 11.4. The standard InChI is InChI=1S/C14H10ClO/c15-13-8-4-3-7-12(13)14(16)10-9-11-5-1-2-6-11/h1-10H/b10-9+. The van der Waals surface area contributed by atoms with Crippen molar-refractivity contribution in [2.75, 3.05) is 0 Å². The number of halogens is 1. The van der Waals surface area contributed by atoms with Gasteiger partial charge >= 0.3 is 0 Å². The molecule has 79 valence electrons. The molecule has 2 rings (SSSR count). The van der Waals surface area contributed by atoms with E-state index in [2.05, 4.69) is 0 Å². The maximum Gasteiger partial charge on any atom is 0.187 e. The number of ketones is 1. The summed E-state index contributed by atoms with van der Waals surface area (Å²) in [6, 6.07) is 7.04. The van der Waals surface area contributed by atoms with E-state index in [1.165, 1.54) is 6.08 Å². The highest BCUT2D eigenvalue weighted by Gasteiger charge is 2.06. The molecular weight excluding hydrogens is 220 g/mol. The fourth-order valence-corrected chi connectivity index (χ4v) is 1.65. The minimum absolute atomic E-state index is 0.0770. The molecule has 1 aromatic carbocycles. The van der Waals surface area contributed by atoms with Gasteiger partial charge < -0.3 is 0 Å². The van der Waals surface area contributed by atoms with Crippen LogP contribution in [0, 0.1) is 6.42 Å². The lowest BCUT2D eigenvalue weighted by Gasteiger charge is -1.98. The lowest BCUT2D eigenvalue weighted by atomic mass is 10.1. The molecule has 1 nitrogen and oxygen atoms in total. The van der Waals surface area contributed by atoms with Crippen molar-refractivity contribution in [1.29, 1.82) is 0 Å². The maximum absolute atomic E-state index is 11.8. The van der Waals surface area contributed by atoms with E-state index in [9.17, 15) is 4.79 Å². The van der Waals surface area contributed by atoms with Crippen LogP contribution in [-0.2, 0) is 0 Å². The van der Waals surface area contributed by atoms with Gasteiger partial charge in [0, 0.05) is 12.0 Å². The van der Waals surface area contributed by atoms with E-state index in [1.54, 1.807) is 30.3 Å². The Bertz CT molecular complexity index is 495.